The van der Waals surface area contributed by atoms with E-state index in [-0.39, 0.29) is 11.9 Å². The van der Waals surface area contributed by atoms with Gasteiger partial charge in [-0.05, 0) is 63.6 Å². The highest BCUT2D eigenvalue weighted by Crippen LogP contribution is 2.22. The lowest BCUT2D eigenvalue weighted by Gasteiger charge is -2.11. The van der Waals surface area contributed by atoms with Crippen LogP contribution in [0.3, 0.4) is 0 Å². The lowest BCUT2D eigenvalue weighted by atomic mass is 10.1. The summed E-state index contributed by atoms with van der Waals surface area (Å²) in [4.78, 5) is 27.3. The minimum absolute atomic E-state index is 0.0641. The molecule has 1 fully saturated rings. The van der Waals surface area contributed by atoms with E-state index in [2.05, 4.69) is 25.8 Å². The molecule has 0 saturated heterocycles. The Morgan fingerprint density at radius 1 is 1.29 bits per heavy atom. The van der Waals surface area contributed by atoms with E-state index in [0.29, 0.717) is 40.3 Å². The van der Waals surface area contributed by atoms with Crippen LogP contribution >= 0.6 is 11.8 Å². The molecule has 1 aromatic heterocycles. The van der Waals surface area contributed by atoms with Crippen LogP contribution in [-0.2, 0) is 4.74 Å². The number of esters is 1. The van der Waals surface area contributed by atoms with Crippen molar-refractivity contribution in [3.8, 4) is 0 Å². The predicted octanol–water partition coefficient (Wildman–Crippen LogP) is 3.87. The second-order valence-corrected chi connectivity index (χ2v) is 8.04. The van der Waals surface area contributed by atoms with Crippen LogP contribution < -0.4 is 10.6 Å². The summed E-state index contributed by atoms with van der Waals surface area (Å²) in [7, 11) is 0. The molecule has 164 valence electrons. The van der Waals surface area contributed by atoms with Gasteiger partial charge in [-0.3, -0.25) is 4.79 Å². The highest BCUT2D eigenvalue weighted by molar-refractivity contribution is 8.13. The van der Waals surface area contributed by atoms with Crippen LogP contribution in [0.2, 0.25) is 0 Å². The van der Waals surface area contributed by atoms with Gasteiger partial charge in [0.05, 0.1) is 24.1 Å². The van der Waals surface area contributed by atoms with E-state index in [9.17, 15) is 9.59 Å². The van der Waals surface area contributed by atoms with Crippen molar-refractivity contribution in [3.63, 3.8) is 0 Å². The Labute approximate surface area is 185 Å². The summed E-state index contributed by atoms with van der Waals surface area (Å²) in [5, 5.41) is 15.2. The van der Waals surface area contributed by atoms with Crippen molar-refractivity contribution in [1.29, 1.82) is 0 Å². The first kappa shape index (κ1) is 22.6. The molecule has 0 unspecified atom stereocenters. The molecule has 1 heterocycles. The first-order valence-electron chi connectivity index (χ1n) is 10.1. The van der Waals surface area contributed by atoms with Crippen LogP contribution in [0.1, 0.15) is 57.4 Å². The third-order valence-electron chi connectivity index (χ3n) is 4.72. The van der Waals surface area contributed by atoms with E-state index in [0.717, 1.165) is 24.1 Å². The molecule has 3 N–H and O–H groups in total. The molecule has 1 aliphatic carbocycles. The van der Waals surface area contributed by atoms with Crippen molar-refractivity contribution in [1.82, 2.24) is 10.3 Å². The molecule has 3 rings (SSSR count). The largest absolute Gasteiger partial charge is 0.462 e. The number of aryl methyl sites for hydroxylation is 2. The number of carbonyl (C=O) groups is 2. The lowest BCUT2D eigenvalue weighted by Crippen LogP contribution is -2.25. The average molecular weight is 442 g/mol. The topological polar surface area (TPSA) is 108 Å². The van der Waals surface area contributed by atoms with Gasteiger partial charge in [0.2, 0.25) is 0 Å². The zero-order chi connectivity index (χ0) is 22.4. The molecule has 0 bridgehead atoms. The monoisotopic (exact) mass is 441 g/mol. The normalized spacial score (nSPS) is 14.0. The minimum atomic E-state index is -0.369. The van der Waals surface area contributed by atoms with Crippen LogP contribution in [0.15, 0.2) is 34.5 Å². The molecule has 2 aromatic rings. The van der Waals surface area contributed by atoms with Crippen LogP contribution in [0, 0.1) is 13.8 Å². The number of carbonyl (C=O) groups excluding carboxylic acids is 2. The third-order valence-corrected chi connectivity index (χ3v) is 5.29. The fourth-order valence-electron chi connectivity index (χ4n) is 2.84. The van der Waals surface area contributed by atoms with Gasteiger partial charge in [0.1, 0.15) is 0 Å². The number of anilines is 1. The number of rotatable bonds is 7. The Morgan fingerprint density at radius 3 is 2.74 bits per heavy atom. The van der Waals surface area contributed by atoms with Crippen LogP contribution in [0.5, 0.6) is 0 Å². The third kappa shape index (κ3) is 6.21. The summed E-state index contributed by atoms with van der Waals surface area (Å²) in [5.41, 5.74) is 4.24. The Hall–Kier alpha value is -3.07. The summed E-state index contributed by atoms with van der Waals surface area (Å²) in [6.07, 6.45) is 5.52. The Balaban J connectivity index is 1.70. The van der Waals surface area contributed by atoms with E-state index in [1.165, 1.54) is 11.8 Å². The highest BCUT2D eigenvalue weighted by atomic mass is 32.2. The summed E-state index contributed by atoms with van der Waals surface area (Å²) >= 11 is 1.40. The smallest absolute Gasteiger partial charge is 0.339 e. The van der Waals surface area contributed by atoms with Crippen LogP contribution in [-0.4, -0.2) is 47.1 Å². The number of thioether (sulfide) groups is 1. The summed E-state index contributed by atoms with van der Waals surface area (Å²) < 4.78 is 5.04. The fraction of sp³-hybridized carbons (Fsp3) is 0.364. The van der Waals surface area contributed by atoms with Gasteiger partial charge in [0, 0.05) is 23.0 Å². The first-order valence-corrected chi connectivity index (χ1v) is 11.3. The Morgan fingerprint density at radius 2 is 2.06 bits per heavy atom. The Kier molecular flexibility index (Phi) is 7.51. The fourth-order valence-corrected chi connectivity index (χ4v) is 3.18. The number of amidine groups is 1. The minimum Gasteiger partial charge on any atom is -0.462 e. The van der Waals surface area contributed by atoms with Gasteiger partial charge in [-0.2, -0.15) is 5.10 Å². The van der Waals surface area contributed by atoms with Crippen LogP contribution in [0.25, 0.3) is 0 Å². The van der Waals surface area contributed by atoms with Crippen molar-refractivity contribution in [2.75, 3.05) is 18.2 Å². The number of H-pyrrole nitrogens is 1. The van der Waals surface area contributed by atoms with E-state index in [4.69, 9.17) is 4.74 Å². The number of nitrogens with zero attached hydrogens (tertiary/aromatic N) is 2. The molecular weight excluding hydrogens is 414 g/mol. The number of benzene rings is 1. The van der Waals surface area contributed by atoms with Gasteiger partial charge >= 0.3 is 5.97 Å². The van der Waals surface area contributed by atoms with E-state index < -0.39 is 0 Å². The molecular formula is C22H27N5O3S. The number of hydrogen-bond acceptors (Lipinski definition) is 6. The molecule has 0 radical (unpaired) electrons. The molecule has 31 heavy (non-hydrogen) atoms. The van der Waals surface area contributed by atoms with Gasteiger partial charge in [-0.15, -0.1) is 5.10 Å². The zero-order valence-electron chi connectivity index (χ0n) is 18.1. The highest BCUT2D eigenvalue weighted by Gasteiger charge is 2.24. The van der Waals surface area contributed by atoms with Gasteiger partial charge in [0.15, 0.2) is 5.17 Å². The SMILES string of the molecule is CCOC(=O)c1cc(/C=N/N=C(/Nc2cc(C(=O)NC3CC3)ccc2C)SC)[nH]c1C. The molecule has 8 nitrogen and oxygen atoms in total. The quantitative estimate of drug-likeness (QED) is 0.262. The number of nitrogens with one attached hydrogen (secondary N) is 3. The number of aromatic nitrogens is 1. The molecule has 1 aliphatic rings. The van der Waals surface area contributed by atoms with Crippen molar-refractivity contribution in [2.24, 2.45) is 10.2 Å². The summed E-state index contributed by atoms with van der Waals surface area (Å²) in [6, 6.07) is 7.54. The molecule has 1 aromatic carbocycles. The first-order chi connectivity index (χ1) is 14.9. The molecule has 0 spiro atoms. The van der Waals surface area contributed by atoms with Gasteiger partial charge in [-0.25, -0.2) is 4.79 Å². The van der Waals surface area contributed by atoms with Crippen LogP contribution in [0.4, 0.5) is 5.69 Å². The predicted molar refractivity (Wildman–Crippen MR) is 125 cm³/mol. The van der Waals surface area contributed by atoms with Gasteiger partial charge in [0.25, 0.3) is 5.91 Å². The number of aromatic amines is 1. The van der Waals surface area contributed by atoms with Crippen molar-refractivity contribution in [2.45, 2.75) is 39.7 Å². The summed E-state index contributed by atoms with van der Waals surface area (Å²) in [5.74, 6) is -0.433. The molecule has 1 saturated carbocycles. The number of amides is 1. The molecule has 9 heteroatoms. The second kappa shape index (κ2) is 10.3. The van der Waals surface area contributed by atoms with Crippen molar-refractivity contribution in [3.05, 3.63) is 52.3 Å². The number of ether oxygens (including phenoxy) is 1. The standard InChI is InChI=1S/C22H27N5O3S/c1-5-30-21(29)18-11-17(24-14(18)3)12-23-27-22(31-4)26-19-10-15(7-6-13(19)2)20(28)25-16-8-9-16/h6-7,10-12,16,24H,5,8-9H2,1-4H3,(H,25,28)(H,26,27)/b23-12+. The maximum absolute atomic E-state index is 12.3. The van der Waals surface area contributed by atoms with E-state index in [1.54, 1.807) is 26.1 Å². The Bertz CT molecular complexity index is 1020. The maximum atomic E-state index is 12.3. The van der Waals surface area contributed by atoms with Gasteiger partial charge < -0.3 is 20.4 Å². The van der Waals surface area contributed by atoms with Crippen molar-refractivity contribution >= 4 is 40.7 Å². The average Bonchev–Trinajstić information content (AvgIpc) is 3.48. The van der Waals surface area contributed by atoms with Gasteiger partial charge in [-0.1, -0.05) is 17.8 Å². The maximum Gasteiger partial charge on any atom is 0.339 e. The molecule has 0 aliphatic heterocycles. The molecule has 1 amide bonds. The van der Waals surface area contributed by atoms with E-state index in [1.807, 2.05) is 31.4 Å². The van der Waals surface area contributed by atoms with Crippen molar-refractivity contribution < 1.29 is 14.3 Å². The second-order valence-electron chi connectivity index (χ2n) is 7.24. The van der Waals surface area contributed by atoms with E-state index >= 15 is 0 Å². The molecule has 0 atom stereocenters. The zero-order valence-corrected chi connectivity index (χ0v) is 18.9. The summed E-state index contributed by atoms with van der Waals surface area (Å²) in [6.45, 7) is 5.86. The lowest BCUT2D eigenvalue weighted by molar-refractivity contribution is 0.0525. The number of hydrogen-bond donors (Lipinski definition) is 3.